The standard InChI is InChI=1S/C13H17F3O/c1-8(2)11-6-5-10(17-13(14,15)16)7-12(11)9(3)4/h5-9H,1-4H3. The molecule has 0 spiro atoms. The average Bonchev–Trinajstić information content (AvgIpc) is 2.14. The summed E-state index contributed by atoms with van der Waals surface area (Å²) in [7, 11) is 0. The van der Waals surface area contributed by atoms with Crippen LogP contribution < -0.4 is 4.74 Å². The number of hydrogen-bond acceptors (Lipinski definition) is 1. The molecule has 1 aromatic carbocycles. The van der Waals surface area contributed by atoms with Gasteiger partial charge in [-0.3, -0.25) is 0 Å². The Kier molecular flexibility index (Phi) is 4.07. The second-order valence-corrected chi connectivity index (χ2v) is 4.65. The monoisotopic (exact) mass is 246 g/mol. The van der Waals surface area contributed by atoms with E-state index < -0.39 is 6.36 Å². The van der Waals surface area contributed by atoms with Gasteiger partial charge in [0.25, 0.3) is 0 Å². The van der Waals surface area contributed by atoms with Crippen molar-refractivity contribution in [1.29, 1.82) is 0 Å². The molecule has 0 saturated carbocycles. The van der Waals surface area contributed by atoms with Gasteiger partial charge in [0.05, 0.1) is 0 Å². The van der Waals surface area contributed by atoms with Crippen LogP contribution in [-0.4, -0.2) is 6.36 Å². The molecule has 1 aromatic rings. The molecule has 0 heterocycles. The van der Waals surface area contributed by atoms with Gasteiger partial charge in [-0.25, -0.2) is 0 Å². The van der Waals surface area contributed by atoms with Crippen LogP contribution in [0.3, 0.4) is 0 Å². The molecule has 0 aliphatic carbocycles. The molecule has 0 aromatic heterocycles. The van der Waals surface area contributed by atoms with E-state index in [0.717, 1.165) is 11.1 Å². The molecule has 0 atom stereocenters. The summed E-state index contributed by atoms with van der Waals surface area (Å²) in [6.45, 7) is 7.95. The molecule has 1 rings (SSSR count). The molecule has 17 heavy (non-hydrogen) atoms. The first kappa shape index (κ1) is 13.9. The molecule has 96 valence electrons. The van der Waals surface area contributed by atoms with Crippen LogP contribution >= 0.6 is 0 Å². The van der Waals surface area contributed by atoms with Crippen LogP contribution in [0.25, 0.3) is 0 Å². The highest BCUT2D eigenvalue weighted by Gasteiger charge is 2.31. The van der Waals surface area contributed by atoms with Crippen molar-refractivity contribution >= 4 is 0 Å². The molecule has 0 amide bonds. The second-order valence-electron chi connectivity index (χ2n) is 4.65. The van der Waals surface area contributed by atoms with E-state index in [1.807, 2.05) is 27.7 Å². The van der Waals surface area contributed by atoms with E-state index in [0.29, 0.717) is 0 Å². The maximum atomic E-state index is 12.1. The zero-order chi connectivity index (χ0) is 13.2. The summed E-state index contributed by atoms with van der Waals surface area (Å²) in [6, 6.07) is 4.56. The van der Waals surface area contributed by atoms with Gasteiger partial charge in [-0.1, -0.05) is 33.8 Å². The van der Waals surface area contributed by atoms with E-state index in [-0.39, 0.29) is 17.6 Å². The number of halogens is 3. The Morgan fingerprint density at radius 3 is 1.88 bits per heavy atom. The van der Waals surface area contributed by atoms with E-state index in [1.54, 1.807) is 6.07 Å². The number of hydrogen-bond donors (Lipinski definition) is 0. The molecule has 0 bridgehead atoms. The van der Waals surface area contributed by atoms with Crippen LogP contribution in [0.1, 0.15) is 50.7 Å². The lowest BCUT2D eigenvalue weighted by atomic mass is 9.90. The molecule has 0 saturated heterocycles. The summed E-state index contributed by atoms with van der Waals surface area (Å²) in [4.78, 5) is 0. The summed E-state index contributed by atoms with van der Waals surface area (Å²) < 4.78 is 40.3. The lowest BCUT2D eigenvalue weighted by Crippen LogP contribution is -2.17. The van der Waals surface area contributed by atoms with Crippen molar-refractivity contribution in [2.45, 2.75) is 45.9 Å². The predicted octanol–water partition coefficient (Wildman–Crippen LogP) is 4.83. The number of ether oxygens (including phenoxy) is 1. The zero-order valence-electron chi connectivity index (χ0n) is 10.4. The third-order valence-corrected chi connectivity index (χ3v) is 2.54. The topological polar surface area (TPSA) is 9.23 Å². The fourth-order valence-electron chi connectivity index (χ4n) is 1.78. The fraction of sp³-hybridized carbons (Fsp3) is 0.538. The lowest BCUT2D eigenvalue weighted by Gasteiger charge is -2.18. The molecular weight excluding hydrogens is 229 g/mol. The van der Waals surface area contributed by atoms with Crippen LogP contribution in [0.5, 0.6) is 5.75 Å². The minimum atomic E-state index is -4.63. The van der Waals surface area contributed by atoms with E-state index in [1.165, 1.54) is 12.1 Å². The molecule has 4 heteroatoms. The highest BCUT2D eigenvalue weighted by Crippen LogP contribution is 2.31. The third-order valence-electron chi connectivity index (χ3n) is 2.54. The first-order chi connectivity index (χ1) is 7.70. The van der Waals surface area contributed by atoms with Crippen molar-refractivity contribution in [3.8, 4) is 5.75 Å². The first-order valence-electron chi connectivity index (χ1n) is 5.60. The molecule has 0 aliphatic rings. The van der Waals surface area contributed by atoms with Crippen molar-refractivity contribution < 1.29 is 17.9 Å². The highest BCUT2D eigenvalue weighted by atomic mass is 19.4. The van der Waals surface area contributed by atoms with Crippen molar-refractivity contribution in [1.82, 2.24) is 0 Å². The van der Waals surface area contributed by atoms with Crippen molar-refractivity contribution in [3.63, 3.8) is 0 Å². The number of rotatable bonds is 3. The van der Waals surface area contributed by atoms with Gasteiger partial charge in [-0.15, -0.1) is 13.2 Å². The maximum absolute atomic E-state index is 12.1. The normalized spacial score (nSPS) is 12.3. The Morgan fingerprint density at radius 2 is 1.47 bits per heavy atom. The van der Waals surface area contributed by atoms with Gasteiger partial charge in [-0.2, -0.15) is 0 Å². The quantitative estimate of drug-likeness (QED) is 0.742. The molecule has 0 radical (unpaired) electrons. The van der Waals surface area contributed by atoms with E-state index >= 15 is 0 Å². The van der Waals surface area contributed by atoms with Gasteiger partial charge in [0.1, 0.15) is 5.75 Å². The summed E-state index contributed by atoms with van der Waals surface area (Å²) >= 11 is 0. The van der Waals surface area contributed by atoms with Crippen LogP contribution in [0, 0.1) is 0 Å². The molecule has 0 unspecified atom stereocenters. The van der Waals surface area contributed by atoms with Gasteiger partial charge in [0.15, 0.2) is 0 Å². The molecule has 0 N–H and O–H groups in total. The predicted molar refractivity (Wildman–Crippen MR) is 61.3 cm³/mol. The summed E-state index contributed by atoms with van der Waals surface area (Å²) in [5, 5.41) is 0. The van der Waals surface area contributed by atoms with E-state index in [2.05, 4.69) is 4.74 Å². The van der Waals surface area contributed by atoms with Crippen molar-refractivity contribution in [2.24, 2.45) is 0 Å². The fourth-order valence-corrected chi connectivity index (χ4v) is 1.78. The van der Waals surface area contributed by atoms with Crippen LogP contribution in [0.4, 0.5) is 13.2 Å². The van der Waals surface area contributed by atoms with Gasteiger partial charge in [-0.05, 0) is 35.1 Å². The number of alkyl halides is 3. The Bertz CT molecular complexity index is 381. The minimum absolute atomic E-state index is 0.148. The average molecular weight is 246 g/mol. The highest BCUT2D eigenvalue weighted by molar-refractivity contribution is 5.39. The van der Waals surface area contributed by atoms with Gasteiger partial charge in [0.2, 0.25) is 0 Å². The van der Waals surface area contributed by atoms with E-state index in [9.17, 15) is 13.2 Å². The van der Waals surface area contributed by atoms with Gasteiger partial charge >= 0.3 is 6.36 Å². The van der Waals surface area contributed by atoms with Crippen LogP contribution in [0.2, 0.25) is 0 Å². The Morgan fingerprint density at radius 1 is 0.941 bits per heavy atom. The van der Waals surface area contributed by atoms with Gasteiger partial charge in [0, 0.05) is 0 Å². The van der Waals surface area contributed by atoms with Crippen LogP contribution in [-0.2, 0) is 0 Å². The first-order valence-corrected chi connectivity index (χ1v) is 5.60. The molecular formula is C13H17F3O. The Balaban J connectivity index is 3.10. The zero-order valence-corrected chi connectivity index (χ0v) is 10.4. The molecule has 1 nitrogen and oxygen atoms in total. The Hall–Kier alpha value is -1.19. The minimum Gasteiger partial charge on any atom is -0.406 e. The second kappa shape index (κ2) is 4.98. The van der Waals surface area contributed by atoms with Crippen molar-refractivity contribution in [3.05, 3.63) is 29.3 Å². The van der Waals surface area contributed by atoms with E-state index in [4.69, 9.17) is 0 Å². The third kappa shape index (κ3) is 3.95. The largest absolute Gasteiger partial charge is 0.573 e. The SMILES string of the molecule is CC(C)c1ccc(OC(F)(F)F)cc1C(C)C. The van der Waals surface area contributed by atoms with Crippen molar-refractivity contribution in [2.75, 3.05) is 0 Å². The number of benzene rings is 1. The summed E-state index contributed by atoms with van der Waals surface area (Å²) in [5.74, 6) is 0.308. The summed E-state index contributed by atoms with van der Waals surface area (Å²) in [6.07, 6.45) is -4.63. The summed E-state index contributed by atoms with van der Waals surface area (Å²) in [5.41, 5.74) is 1.97. The smallest absolute Gasteiger partial charge is 0.406 e. The molecule has 0 fully saturated rings. The van der Waals surface area contributed by atoms with Gasteiger partial charge < -0.3 is 4.74 Å². The lowest BCUT2D eigenvalue weighted by molar-refractivity contribution is -0.274. The van der Waals surface area contributed by atoms with Crippen LogP contribution in [0.15, 0.2) is 18.2 Å². The maximum Gasteiger partial charge on any atom is 0.573 e. The molecule has 0 aliphatic heterocycles. The Labute approximate surface area is 99.6 Å².